The van der Waals surface area contributed by atoms with E-state index in [-0.39, 0.29) is 11.8 Å². The van der Waals surface area contributed by atoms with E-state index < -0.39 is 6.04 Å². The van der Waals surface area contributed by atoms with Gasteiger partial charge in [0.15, 0.2) is 0 Å². The normalized spacial score (nSPS) is 11.8. The van der Waals surface area contributed by atoms with Crippen molar-refractivity contribution in [2.75, 3.05) is 0 Å². The molecular formula is C25H24N4O3. The van der Waals surface area contributed by atoms with Crippen molar-refractivity contribution in [3.8, 4) is 17.1 Å². The summed E-state index contributed by atoms with van der Waals surface area (Å²) in [6.45, 7) is 4.41. The molecule has 32 heavy (non-hydrogen) atoms. The Morgan fingerprint density at radius 1 is 1.03 bits per heavy atom. The summed E-state index contributed by atoms with van der Waals surface area (Å²) in [4.78, 5) is 21.4. The van der Waals surface area contributed by atoms with Crippen LogP contribution in [0.4, 0.5) is 0 Å². The van der Waals surface area contributed by atoms with Crippen LogP contribution in [-0.2, 0) is 6.61 Å². The Labute approximate surface area is 186 Å². The van der Waals surface area contributed by atoms with Crippen LogP contribution in [0.15, 0.2) is 83.6 Å². The highest BCUT2D eigenvalue weighted by Crippen LogP contribution is 2.24. The summed E-state index contributed by atoms with van der Waals surface area (Å²) in [5, 5.41) is 7.04. The molecule has 0 saturated carbocycles. The van der Waals surface area contributed by atoms with Crippen molar-refractivity contribution in [2.24, 2.45) is 5.92 Å². The lowest BCUT2D eigenvalue weighted by Gasteiger charge is -2.18. The van der Waals surface area contributed by atoms with E-state index in [1.807, 2.05) is 68.4 Å². The standard InChI is InChI=1S/C25H24N4O3/c1-17(2)22(25-28-23(29-32-25)20-7-6-14-26-15-20)27-24(30)19-12-10-18(11-13-19)16-31-21-8-4-3-5-9-21/h3-15,17,22H,16H2,1-2H3,(H,27,30). The molecule has 4 aromatic rings. The van der Waals surface area contributed by atoms with Gasteiger partial charge in [-0.3, -0.25) is 9.78 Å². The quantitative estimate of drug-likeness (QED) is 0.432. The molecule has 2 aromatic carbocycles. The number of nitrogens with zero attached hydrogens (tertiary/aromatic N) is 3. The molecule has 1 unspecified atom stereocenters. The molecule has 1 N–H and O–H groups in total. The van der Waals surface area contributed by atoms with Gasteiger partial charge in [0.25, 0.3) is 5.91 Å². The summed E-state index contributed by atoms with van der Waals surface area (Å²) in [6.07, 6.45) is 3.35. The number of rotatable bonds is 8. The first-order valence-electron chi connectivity index (χ1n) is 10.4. The Morgan fingerprint density at radius 3 is 2.50 bits per heavy atom. The first-order chi connectivity index (χ1) is 15.6. The lowest BCUT2D eigenvalue weighted by atomic mass is 10.0. The number of carbonyl (C=O) groups is 1. The van der Waals surface area contributed by atoms with Gasteiger partial charge in [-0.1, -0.05) is 49.3 Å². The third-order valence-electron chi connectivity index (χ3n) is 4.95. The average Bonchev–Trinajstić information content (AvgIpc) is 3.32. The van der Waals surface area contributed by atoms with Crippen molar-refractivity contribution in [1.82, 2.24) is 20.4 Å². The second-order valence-electron chi connectivity index (χ2n) is 7.69. The number of pyridine rings is 1. The smallest absolute Gasteiger partial charge is 0.251 e. The fourth-order valence-corrected chi connectivity index (χ4v) is 3.15. The van der Waals surface area contributed by atoms with Crippen molar-refractivity contribution < 1.29 is 14.1 Å². The maximum atomic E-state index is 12.9. The topological polar surface area (TPSA) is 90.1 Å². The van der Waals surface area contributed by atoms with Crippen LogP contribution in [0.2, 0.25) is 0 Å². The van der Waals surface area contributed by atoms with Crippen molar-refractivity contribution >= 4 is 5.91 Å². The molecule has 0 fully saturated rings. The molecule has 7 heteroatoms. The Morgan fingerprint density at radius 2 is 1.81 bits per heavy atom. The molecule has 2 heterocycles. The van der Waals surface area contributed by atoms with E-state index in [0.717, 1.165) is 16.9 Å². The lowest BCUT2D eigenvalue weighted by Crippen LogP contribution is -2.32. The third-order valence-corrected chi connectivity index (χ3v) is 4.95. The second kappa shape index (κ2) is 9.87. The Hall–Kier alpha value is -4.00. The summed E-state index contributed by atoms with van der Waals surface area (Å²) < 4.78 is 11.2. The van der Waals surface area contributed by atoms with E-state index in [0.29, 0.717) is 23.9 Å². The molecule has 0 bridgehead atoms. The van der Waals surface area contributed by atoms with Gasteiger partial charge in [-0.2, -0.15) is 4.98 Å². The predicted molar refractivity (Wildman–Crippen MR) is 120 cm³/mol. The van der Waals surface area contributed by atoms with Crippen LogP contribution in [0, 0.1) is 5.92 Å². The van der Waals surface area contributed by atoms with Gasteiger partial charge in [0.05, 0.1) is 0 Å². The van der Waals surface area contributed by atoms with Gasteiger partial charge in [0.1, 0.15) is 18.4 Å². The fourth-order valence-electron chi connectivity index (χ4n) is 3.15. The molecule has 0 aliphatic heterocycles. The highest BCUT2D eigenvalue weighted by atomic mass is 16.5. The average molecular weight is 428 g/mol. The zero-order valence-corrected chi connectivity index (χ0v) is 17.9. The summed E-state index contributed by atoms with van der Waals surface area (Å²) >= 11 is 0. The number of aromatic nitrogens is 3. The number of para-hydroxylation sites is 1. The van der Waals surface area contributed by atoms with Crippen LogP contribution >= 0.6 is 0 Å². The maximum Gasteiger partial charge on any atom is 0.251 e. The van der Waals surface area contributed by atoms with E-state index in [4.69, 9.17) is 9.26 Å². The first-order valence-corrected chi connectivity index (χ1v) is 10.4. The number of amides is 1. The van der Waals surface area contributed by atoms with Crippen LogP contribution < -0.4 is 10.1 Å². The summed E-state index contributed by atoms with van der Waals surface area (Å²) in [7, 11) is 0. The predicted octanol–water partition coefficient (Wildman–Crippen LogP) is 4.84. The molecular weight excluding hydrogens is 404 g/mol. The zero-order valence-electron chi connectivity index (χ0n) is 17.9. The van der Waals surface area contributed by atoms with Crippen molar-refractivity contribution in [3.63, 3.8) is 0 Å². The summed E-state index contributed by atoms with van der Waals surface area (Å²) in [6, 6.07) is 20.2. The molecule has 1 amide bonds. The molecule has 0 saturated heterocycles. The van der Waals surface area contributed by atoms with Crippen LogP contribution in [0.25, 0.3) is 11.4 Å². The molecule has 0 aliphatic carbocycles. The molecule has 162 valence electrons. The highest BCUT2D eigenvalue weighted by molar-refractivity contribution is 5.94. The minimum atomic E-state index is -0.415. The van der Waals surface area contributed by atoms with Crippen molar-refractivity contribution in [2.45, 2.75) is 26.5 Å². The van der Waals surface area contributed by atoms with Crippen LogP contribution in [0.5, 0.6) is 5.75 Å². The number of ether oxygens (including phenoxy) is 1. The molecule has 1 atom stereocenters. The van der Waals surface area contributed by atoms with E-state index in [2.05, 4.69) is 20.4 Å². The summed E-state index contributed by atoms with van der Waals surface area (Å²) in [5.74, 6) is 1.45. The maximum absolute atomic E-state index is 12.9. The molecule has 0 radical (unpaired) electrons. The van der Waals surface area contributed by atoms with E-state index in [1.165, 1.54) is 0 Å². The van der Waals surface area contributed by atoms with Gasteiger partial charge >= 0.3 is 0 Å². The van der Waals surface area contributed by atoms with Gasteiger partial charge in [-0.25, -0.2) is 0 Å². The second-order valence-corrected chi connectivity index (χ2v) is 7.69. The number of carbonyl (C=O) groups excluding carboxylic acids is 1. The number of hydrogen-bond donors (Lipinski definition) is 1. The Bertz CT molecular complexity index is 1140. The van der Waals surface area contributed by atoms with Gasteiger partial charge in [0, 0.05) is 23.5 Å². The fraction of sp³-hybridized carbons (Fsp3) is 0.200. The van der Waals surface area contributed by atoms with Crippen LogP contribution in [0.3, 0.4) is 0 Å². The molecule has 4 rings (SSSR count). The zero-order chi connectivity index (χ0) is 22.3. The molecule has 7 nitrogen and oxygen atoms in total. The van der Waals surface area contributed by atoms with Gasteiger partial charge in [0.2, 0.25) is 11.7 Å². The van der Waals surface area contributed by atoms with Gasteiger partial charge in [-0.15, -0.1) is 0 Å². The number of nitrogens with one attached hydrogen (secondary N) is 1. The van der Waals surface area contributed by atoms with Crippen molar-refractivity contribution in [3.05, 3.63) is 96.1 Å². The minimum Gasteiger partial charge on any atom is -0.489 e. The number of hydrogen-bond acceptors (Lipinski definition) is 6. The summed E-state index contributed by atoms with van der Waals surface area (Å²) in [5.41, 5.74) is 2.28. The van der Waals surface area contributed by atoms with E-state index >= 15 is 0 Å². The monoisotopic (exact) mass is 428 g/mol. The van der Waals surface area contributed by atoms with Crippen LogP contribution in [0.1, 0.15) is 41.7 Å². The third kappa shape index (κ3) is 5.18. The largest absolute Gasteiger partial charge is 0.489 e. The lowest BCUT2D eigenvalue weighted by molar-refractivity contribution is 0.0914. The van der Waals surface area contributed by atoms with Gasteiger partial charge in [-0.05, 0) is 47.9 Å². The van der Waals surface area contributed by atoms with E-state index in [9.17, 15) is 4.79 Å². The van der Waals surface area contributed by atoms with Crippen molar-refractivity contribution in [1.29, 1.82) is 0 Å². The SMILES string of the molecule is CC(C)C(NC(=O)c1ccc(COc2ccccc2)cc1)c1nc(-c2cccnc2)no1. The Kier molecular flexibility index (Phi) is 6.55. The van der Waals surface area contributed by atoms with E-state index in [1.54, 1.807) is 24.5 Å². The molecule has 0 aliphatic rings. The minimum absolute atomic E-state index is 0.0553. The van der Waals surface area contributed by atoms with Crippen LogP contribution in [-0.4, -0.2) is 21.0 Å². The number of benzene rings is 2. The highest BCUT2D eigenvalue weighted by Gasteiger charge is 2.25. The first kappa shape index (κ1) is 21.2. The molecule has 2 aromatic heterocycles. The molecule has 0 spiro atoms. The Balaban J connectivity index is 1.41. The van der Waals surface area contributed by atoms with Gasteiger partial charge < -0.3 is 14.6 Å².